The van der Waals surface area contributed by atoms with Crippen molar-refractivity contribution in [3.8, 4) is 22.9 Å². The molecular formula is C17H16N2O2. The van der Waals surface area contributed by atoms with Crippen molar-refractivity contribution in [2.24, 2.45) is 0 Å². The molecule has 106 valence electrons. The van der Waals surface area contributed by atoms with E-state index in [0.717, 1.165) is 27.8 Å². The minimum Gasteiger partial charge on any atom is -0.497 e. The maximum atomic E-state index is 6.07. The van der Waals surface area contributed by atoms with Gasteiger partial charge in [-0.1, -0.05) is 18.2 Å². The highest BCUT2D eigenvalue weighted by molar-refractivity contribution is 5.98. The van der Waals surface area contributed by atoms with E-state index in [-0.39, 0.29) is 0 Å². The molecule has 4 heteroatoms. The van der Waals surface area contributed by atoms with Crippen LogP contribution in [0.3, 0.4) is 0 Å². The lowest BCUT2D eigenvalue weighted by Crippen LogP contribution is -1.95. The minimum atomic E-state index is 0.567. The molecule has 2 aromatic carbocycles. The Balaban J connectivity index is 2.25. The molecule has 0 saturated carbocycles. The third-order valence-electron chi connectivity index (χ3n) is 3.43. The highest BCUT2D eigenvalue weighted by Gasteiger charge is 2.10. The van der Waals surface area contributed by atoms with Gasteiger partial charge in [0.2, 0.25) is 5.88 Å². The van der Waals surface area contributed by atoms with Crippen molar-refractivity contribution in [1.82, 2.24) is 4.98 Å². The number of hydrogen-bond acceptors (Lipinski definition) is 4. The van der Waals surface area contributed by atoms with Gasteiger partial charge in [0.1, 0.15) is 5.75 Å². The number of nitrogen functional groups attached to an aromatic ring is 1. The van der Waals surface area contributed by atoms with Crippen LogP contribution in [0.4, 0.5) is 5.69 Å². The summed E-state index contributed by atoms with van der Waals surface area (Å²) in [7, 11) is 3.26. The van der Waals surface area contributed by atoms with Crippen LogP contribution in [0.1, 0.15) is 0 Å². The average molecular weight is 280 g/mol. The number of methoxy groups -OCH3 is 2. The molecule has 0 saturated heterocycles. The van der Waals surface area contributed by atoms with Gasteiger partial charge in [-0.3, -0.25) is 0 Å². The molecule has 0 aliphatic heterocycles. The Hall–Kier alpha value is -2.75. The summed E-state index contributed by atoms with van der Waals surface area (Å²) in [4.78, 5) is 4.57. The number of nitrogens with zero attached hydrogens (tertiary/aromatic N) is 1. The number of rotatable bonds is 3. The van der Waals surface area contributed by atoms with Crippen molar-refractivity contribution in [3.05, 3.63) is 48.5 Å². The number of benzene rings is 2. The zero-order valence-corrected chi connectivity index (χ0v) is 12.0. The van der Waals surface area contributed by atoms with Gasteiger partial charge in [0, 0.05) is 22.0 Å². The number of anilines is 1. The van der Waals surface area contributed by atoms with Gasteiger partial charge < -0.3 is 15.2 Å². The number of fused-ring (bicyclic) bond motifs is 1. The number of nitrogens with two attached hydrogens (primary N) is 1. The van der Waals surface area contributed by atoms with Gasteiger partial charge in [0.05, 0.1) is 19.9 Å². The fraction of sp³-hybridized carbons (Fsp3) is 0.118. The third-order valence-corrected chi connectivity index (χ3v) is 3.43. The van der Waals surface area contributed by atoms with Gasteiger partial charge in [0.15, 0.2) is 0 Å². The molecule has 1 aromatic heterocycles. The van der Waals surface area contributed by atoms with Gasteiger partial charge in [-0.15, -0.1) is 0 Å². The Bertz CT molecular complexity index is 800. The predicted octanol–water partition coefficient (Wildman–Crippen LogP) is 3.50. The normalized spacial score (nSPS) is 10.6. The Morgan fingerprint density at radius 3 is 2.48 bits per heavy atom. The maximum Gasteiger partial charge on any atom is 0.221 e. The second-order valence-corrected chi connectivity index (χ2v) is 4.69. The van der Waals surface area contributed by atoms with E-state index in [1.807, 2.05) is 48.5 Å². The van der Waals surface area contributed by atoms with Crippen LogP contribution in [-0.4, -0.2) is 19.2 Å². The summed E-state index contributed by atoms with van der Waals surface area (Å²) in [6, 6.07) is 15.4. The minimum absolute atomic E-state index is 0.567. The van der Waals surface area contributed by atoms with Crippen molar-refractivity contribution >= 4 is 16.5 Å². The van der Waals surface area contributed by atoms with Gasteiger partial charge in [-0.2, -0.15) is 0 Å². The van der Waals surface area contributed by atoms with Crippen LogP contribution in [0.15, 0.2) is 48.5 Å². The highest BCUT2D eigenvalue weighted by atomic mass is 16.5. The van der Waals surface area contributed by atoms with E-state index in [9.17, 15) is 0 Å². The molecule has 2 N–H and O–H groups in total. The molecule has 21 heavy (non-hydrogen) atoms. The lowest BCUT2D eigenvalue weighted by molar-refractivity contribution is 0.404. The van der Waals surface area contributed by atoms with E-state index in [0.29, 0.717) is 11.6 Å². The van der Waals surface area contributed by atoms with Gasteiger partial charge >= 0.3 is 0 Å². The van der Waals surface area contributed by atoms with Crippen LogP contribution in [0, 0.1) is 0 Å². The zero-order valence-electron chi connectivity index (χ0n) is 12.0. The van der Waals surface area contributed by atoms with Crippen molar-refractivity contribution < 1.29 is 9.47 Å². The highest BCUT2D eigenvalue weighted by Crippen LogP contribution is 2.33. The molecule has 0 bridgehead atoms. The van der Waals surface area contributed by atoms with E-state index in [4.69, 9.17) is 15.2 Å². The molecule has 0 amide bonds. The van der Waals surface area contributed by atoms with Crippen LogP contribution in [0.5, 0.6) is 11.6 Å². The van der Waals surface area contributed by atoms with Crippen molar-refractivity contribution in [2.45, 2.75) is 0 Å². The van der Waals surface area contributed by atoms with E-state index in [1.165, 1.54) is 0 Å². The first-order chi connectivity index (χ1) is 10.2. The van der Waals surface area contributed by atoms with E-state index in [2.05, 4.69) is 4.98 Å². The molecule has 0 unspecified atom stereocenters. The molecule has 1 heterocycles. The predicted molar refractivity (Wildman–Crippen MR) is 84.7 cm³/mol. The van der Waals surface area contributed by atoms with E-state index in [1.54, 1.807) is 14.2 Å². The maximum absolute atomic E-state index is 6.07. The number of ether oxygens (including phenoxy) is 2. The molecule has 0 fully saturated rings. The Morgan fingerprint density at radius 1 is 0.905 bits per heavy atom. The van der Waals surface area contributed by atoms with Crippen LogP contribution in [0.25, 0.3) is 22.0 Å². The Labute approximate surface area is 123 Å². The first kappa shape index (κ1) is 13.2. The molecule has 0 aliphatic rings. The second kappa shape index (κ2) is 5.32. The van der Waals surface area contributed by atoms with Crippen LogP contribution in [-0.2, 0) is 0 Å². The van der Waals surface area contributed by atoms with Gasteiger partial charge in [-0.25, -0.2) is 4.98 Å². The molecule has 3 rings (SSSR count). The van der Waals surface area contributed by atoms with Gasteiger partial charge in [0.25, 0.3) is 0 Å². The van der Waals surface area contributed by atoms with E-state index < -0.39 is 0 Å². The van der Waals surface area contributed by atoms with Crippen LogP contribution >= 0.6 is 0 Å². The SMILES string of the molecule is COc1cccc(-c2cc3c(N)cccc3c(OC)n2)c1. The molecule has 0 spiro atoms. The first-order valence-corrected chi connectivity index (χ1v) is 6.60. The van der Waals surface area contributed by atoms with Crippen molar-refractivity contribution in [2.75, 3.05) is 20.0 Å². The molecule has 3 aromatic rings. The third kappa shape index (κ3) is 2.36. The standard InChI is InChI=1S/C17H16N2O2/c1-20-12-6-3-5-11(9-12)16-10-14-13(17(19-16)21-2)7-4-8-15(14)18/h3-10H,18H2,1-2H3. The van der Waals surface area contributed by atoms with Crippen molar-refractivity contribution in [3.63, 3.8) is 0 Å². The molecular weight excluding hydrogens is 264 g/mol. The smallest absolute Gasteiger partial charge is 0.221 e. The monoisotopic (exact) mass is 280 g/mol. The molecule has 4 nitrogen and oxygen atoms in total. The Kier molecular flexibility index (Phi) is 3.36. The van der Waals surface area contributed by atoms with E-state index >= 15 is 0 Å². The summed E-state index contributed by atoms with van der Waals surface area (Å²) >= 11 is 0. The summed E-state index contributed by atoms with van der Waals surface area (Å²) in [5.41, 5.74) is 8.54. The lowest BCUT2D eigenvalue weighted by atomic mass is 10.1. The fourth-order valence-corrected chi connectivity index (χ4v) is 2.36. The molecule has 0 radical (unpaired) electrons. The number of hydrogen-bond donors (Lipinski definition) is 1. The average Bonchev–Trinajstić information content (AvgIpc) is 2.54. The quantitative estimate of drug-likeness (QED) is 0.746. The summed E-state index contributed by atoms with van der Waals surface area (Å²) in [5.74, 6) is 1.35. The van der Waals surface area contributed by atoms with Crippen LogP contribution < -0.4 is 15.2 Å². The topological polar surface area (TPSA) is 57.4 Å². The summed E-state index contributed by atoms with van der Waals surface area (Å²) < 4.78 is 10.7. The van der Waals surface area contributed by atoms with Gasteiger partial charge in [-0.05, 0) is 30.3 Å². The summed E-state index contributed by atoms with van der Waals surface area (Å²) in [5, 5.41) is 1.84. The molecule has 0 aliphatic carbocycles. The zero-order chi connectivity index (χ0) is 14.8. The van der Waals surface area contributed by atoms with Crippen molar-refractivity contribution in [1.29, 1.82) is 0 Å². The van der Waals surface area contributed by atoms with Crippen LogP contribution in [0.2, 0.25) is 0 Å². The first-order valence-electron chi connectivity index (χ1n) is 6.60. The molecule has 0 atom stereocenters. The largest absolute Gasteiger partial charge is 0.497 e. The summed E-state index contributed by atoms with van der Waals surface area (Å²) in [6.45, 7) is 0. The Morgan fingerprint density at radius 2 is 1.71 bits per heavy atom. The fourth-order valence-electron chi connectivity index (χ4n) is 2.36. The lowest BCUT2D eigenvalue weighted by Gasteiger charge is -2.10. The second-order valence-electron chi connectivity index (χ2n) is 4.69. The summed E-state index contributed by atoms with van der Waals surface area (Å²) in [6.07, 6.45) is 0. The number of aromatic nitrogens is 1. The number of pyridine rings is 1.